The molecular formula is C65H37B3N2O. The van der Waals surface area contributed by atoms with Gasteiger partial charge >= 0.3 is 0 Å². The van der Waals surface area contributed by atoms with Crippen LogP contribution in [0.1, 0.15) is 5.56 Å². The van der Waals surface area contributed by atoms with E-state index in [1.807, 2.05) is 36.7 Å². The van der Waals surface area contributed by atoms with E-state index in [-0.39, 0.29) is 0 Å². The molecule has 0 aliphatic heterocycles. The summed E-state index contributed by atoms with van der Waals surface area (Å²) in [5.41, 5.74) is 25.2. The Morgan fingerprint density at radius 3 is 1.17 bits per heavy atom. The van der Waals surface area contributed by atoms with Crippen molar-refractivity contribution in [1.82, 2.24) is 9.97 Å². The fraction of sp³-hybridized carbons (Fsp3) is 0.0154. The largest absolute Gasteiger partial charge is 0.455 e. The first-order chi connectivity index (χ1) is 34.9. The molecule has 71 heavy (non-hydrogen) atoms. The van der Waals surface area contributed by atoms with Crippen LogP contribution < -0.4 is 0 Å². The van der Waals surface area contributed by atoms with Crippen molar-refractivity contribution < 1.29 is 4.42 Å². The van der Waals surface area contributed by atoms with Crippen molar-refractivity contribution in [2.24, 2.45) is 0 Å². The van der Waals surface area contributed by atoms with Gasteiger partial charge in [-0.2, -0.15) is 0 Å². The van der Waals surface area contributed by atoms with Gasteiger partial charge in [0, 0.05) is 39.9 Å². The van der Waals surface area contributed by atoms with Crippen molar-refractivity contribution >= 4 is 45.5 Å². The Morgan fingerprint density at radius 1 is 0.296 bits per heavy atom. The fourth-order valence-electron chi connectivity index (χ4n) is 11.5. The molecule has 322 valence electrons. The molecule has 0 bridgehead atoms. The van der Waals surface area contributed by atoms with Gasteiger partial charge in [0.2, 0.25) is 0 Å². The molecule has 6 radical (unpaired) electrons. The van der Waals surface area contributed by atoms with Crippen LogP contribution in [0.15, 0.2) is 229 Å². The number of fused-ring (bicyclic) bond motifs is 19. The third-order valence-electron chi connectivity index (χ3n) is 14.5. The summed E-state index contributed by atoms with van der Waals surface area (Å²) in [6.07, 6.45) is 3.67. The lowest BCUT2D eigenvalue weighted by atomic mass is 9.39. The topological polar surface area (TPSA) is 38.9 Å². The van der Waals surface area contributed by atoms with Crippen molar-refractivity contribution in [2.45, 2.75) is 5.11 Å². The maximum Gasteiger partial charge on any atom is 0.143 e. The minimum Gasteiger partial charge on any atom is -0.455 e. The number of rotatable bonds is 4. The van der Waals surface area contributed by atoms with Crippen LogP contribution >= 0.6 is 0 Å². The van der Waals surface area contributed by atoms with Gasteiger partial charge in [0.05, 0.1) is 34.9 Å². The Bertz CT molecular complexity index is 4180. The van der Waals surface area contributed by atoms with Crippen molar-refractivity contribution in [3.63, 3.8) is 0 Å². The fourth-order valence-corrected chi connectivity index (χ4v) is 11.5. The first-order valence-electron chi connectivity index (χ1n) is 23.9. The van der Waals surface area contributed by atoms with Crippen molar-refractivity contribution in [3.05, 3.63) is 230 Å². The van der Waals surface area contributed by atoms with Crippen LogP contribution in [0.25, 0.3) is 145 Å². The highest BCUT2D eigenvalue weighted by Gasteiger charge is 2.28. The number of hydrogen-bond acceptors (Lipinski definition) is 3. The predicted octanol–water partition coefficient (Wildman–Crippen LogP) is 16.0. The molecule has 0 saturated carbocycles. The average Bonchev–Trinajstić information content (AvgIpc) is 3.81. The molecule has 2 aliphatic carbocycles. The van der Waals surface area contributed by atoms with Crippen LogP contribution in [0.4, 0.5) is 0 Å². The zero-order chi connectivity index (χ0) is 47.4. The monoisotopic (exact) mass is 894 g/mol. The molecule has 6 heteroatoms. The minimum atomic E-state index is -1.71. The lowest BCUT2D eigenvalue weighted by Crippen LogP contribution is -2.28. The van der Waals surface area contributed by atoms with Crippen LogP contribution in [-0.4, -0.2) is 33.5 Å². The van der Waals surface area contributed by atoms with Crippen molar-refractivity contribution in [2.75, 3.05) is 0 Å². The van der Waals surface area contributed by atoms with Gasteiger partial charge in [0.25, 0.3) is 0 Å². The molecule has 14 rings (SSSR count). The Labute approximate surface area is 415 Å². The van der Waals surface area contributed by atoms with Crippen LogP contribution in [0, 0.1) is 0 Å². The van der Waals surface area contributed by atoms with Crippen LogP contribution in [0.3, 0.4) is 0 Å². The molecule has 0 unspecified atom stereocenters. The Kier molecular flexibility index (Phi) is 9.25. The number of pyridine rings is 2. The Hall–Kier alpha value is -8.73. The number of hydrogen-bond donors (Lipinski definition) is 0. The lowest BCUT2D eigenvalue weighted by molar-refractivity contribution is 0.670. The summed E-state index contributed by atoms with van der Waals surface area (Å²) in [5, 5.41) is 0.503. The molecule has 0 spiro atoms. The summed E-state index contributed by atoms with van der Waals surface area (Å²) in [7, 11) is 20.8. The normalized spacial score (nSPS) is 12.1. The number of furan rings is 1. The summed E-state index contributed by atoms with van der Waals surface area (Å²) in [6.45, 7) is 0. The highest BCUT2D eigenvalue weighted by molar-refractivity contribution is 6.59. The summed E-state index contributed by atoms with van der Waals surface area (Å²) in [5.74, 6) is 0. The first-order valence-corrected chi connectivity index (χ1v) is 23.9. The maximum atomic E-state index is 6.93. The smallest absolute Gasteiger partial charge is 0.143 e. The van der Waals surface area contributed by atoms with E-state index in [4.69, 9.17) is 37.9 Å². The summed E-state index contributed by atoms with van der Waals surface area (Å²) < 4.78 is 6.57. The third kappa shape index (κ3) is 6.48. The highest BCUT2D eigenvalue weighted by Crippen LogP contribution is 2.52. The van der Waals surface area contributed by atoms with E-state index in [0.717, 1.165) is 145 Å². The van der Waals surface area contributed by atoms with Gasteiger partial charge in [-0.25, -0.2) is 0 Å². The van der Waals surface area contributed by atoms with E-state index >= 15 is 0 Å². The molecule has 9 aromatic carbocycles. The van der Waals surface area contributed by atoms with E-state index in [2.05, 4.69) is 188 Å². The third-order valence-corrected chi connectivity index (χ3v) is 14.5. The van der Waals surface area contributed by atoms with Crippen LogP contribution in [0.5, 0.6) is 0 Å². The molecule has 12 aromatic rings. The Morgan fingerprint density at radius 2 is 0.648 bits per heavy atom. The molecule has 0 saturated heterocycles. The predicted molar refractivity (Wildman–Crippen MR) is 295 cm³/mol. The van der Waals surface area contributed by atoms with Gasteiger partial charge in [-0.1, -0.05) is 181 Å². The second kappa shape index (κ2) is 15.9. The molecular weight excluding hydrogens is 857 g/mol. The van der Waals surface area contributed by atoms with E-state index < -0.39 is 5.11 Å². The first kappa shape index (κ1) is 41.3. The molecule has 3 nitrogen and oxygen atoms in total. The van der Waals surface area contributed by atoms with Gasteiger partial charge in [0.1, 0.15) is 11.2 Å². The standard InChI is InChI=1S/C65H37B3N2O/c66-65(67,68)61-41(20-9-21-42(61)39-27-30-50-46-15-1-4-16-47(46)54-24-11-33-69-62(54)63-55(59(50)36-39)25-12-34-70-63)38-28-31-51-52-32-29-40(43-22-10-23-56-53-19-7-8-26-60(53)71-64(43)56)37-58(52)49-18-6-3-14-45(49)44-13-2-5-17-48(44)57(51)35-38/h1-37H. The summed E-state index contributed by atoms with van der Waals surface area (Å²) in [4.78, 5) is 9.85. The zero-order valence-electron chi connectivity index (χ0n) is 38.4. The lowest BCUT2D eigenvalue weighted by Gasteiger charge is -2.30. The number of aromatic nitrogens is 2. The van der Waals surface area contributed by atoms with Gasteiger partial charge in [0.15, 0.2) is 0 Å². The average molecular weight is 894 g/mol. The van der Waals surface area contributed by atoms with Gasteiger partial charge in [-0.3, -0.25) is 9.97 Å². The summed E-state index contributed by atoms with van der Waals surface area (Å²) in [6, 6.07) is 75.2. The molecule has 0 N–H and O–H groups in total. The SMILES string of the molecule is [B]C([B])([B])c1c(-c2ccc3c(c2)-c2ccccc2-c2ccccc2-c2cc(-c4cccc5c4oc4ccccc45)ccc2-3)cccc1-c1ccc2c(c1)-c1cccnc1-c1ncccc1-c1ccccc1-2. The maximum absolute atomic E-state index is 6.93. The van der Waals surface area contributed by atoms with Crippen molar-refractivity contribution in [1.29, 1.82) is 0 Å². The quantitative estimate of drug-likeness (QED) is 0.165. The number of benzene rings is 9. The van der Waals surface area contributed by atoms with Crippen LogP contribution in [0.2, 0.25) is 0 Å². The molecule has 3 heterocycles. The van der Waals surface area contributed by atoms with Crippen LogP contribution in [-0.2, 0) is 5.11 Å². The second-order valence-corrected chi connectivity index (χ2v) is 18.7. The summed E-state index contributed by atoms with van der Waals surface area (Å²) >= 11 is 0. The van der Waals surface area contributed by atoms with Gasteiger partial charge < -0.3 is 4.42 Å². The highest BCUT2D eigenvalue weighted by atomic mass is 16.3. The van der Waals surface area contributed by atoms with Gasteiger partial charge in [-0.15, -0.1) is 5.11 Å². The van der Waals surface area contributed by atoms with Gasteiger partial charge in [-0.05, 0) is 131 Å². The molecule has 0 atom stereocenters. The minimum absolute atomic E-state index is 0.638. The molecule has 0 fully saturated rings. The molecule has 2 aliphatic rings. The molecule has 0 amide bonds. The van der Waals surface area contributed by atoms with E-state index in [1.165, 1.54) is 0 Å². The van der Waals surface area contributed by atoms with E-state index in [9.17, 15) is 0 Å². The second-order valence-electron chi connectivity index (χ2n) is 18.7. The zero-order valence-corrected chi connectivity index (χ0v) is 38.4. The molecule has 3 aromatic heterocycles. The van der Waals surface area contributed by atoms with E-state index in [0.29, 0.717) is 5.56 Å². The number of nitrogens with zero attached hydrogens (tertiary/aromatic N) is 2. The van der Waals surface area contributed by atoms with Crippen molar-refractivity contribution in [3.8, 4) is 123 Å². The Balaban J connectivity index is 0.960. The van der Waals surface area contributed by atoms with E-state index in [1.54, 1.807) is 0 Å². The number of para-hydroxylation sites is 2.